The summed E-state index contributed by atoms with van der Waals surface area (Å²) in [5, 5.41) is 18.6. The molecule has 0 unspecified atom stereocenters. The number of piperidine rings is 2. The van der Waals surface area contributed by atoms with Crippen molar-refractivity contribution in [2.75, 3.05) is 39.9 Å². The number of para-hydroxylation sites is 1. The standard InChI is InChI=1S/C25H33FN6O4/c1-15(2)22-18-5-4-6-19(26)23(18)32(28-22)25-27-24(36-29-25)17-9-12-31(13-20(17)35-3)16-7-10-30(11-8-16)21(34)14-33/h4-6,15-17,20,33H,7-14H2,1-3H3/t17-,20+/m0/s1. The van der Waals surface area contributed by atoms with Crippen LogP contribution in [0.2, 0.25) is 0 Å². The Hall–Kier alpha value is -2.89. The second-order valence-electron chi connectivity index (χ2n) is 9.95. The van der Waals surface area contributed by atoms with Crippen LogP contribution in [-0.4, -0.2) is 92.8 Å². The number of hydrogen-bond acceptors (Lipinski definition) is 8. The number of nitrogens with zero attached hydrogens (tertiary/aromatic N) is 6. The van der Waals surface area contributed by atoms with Crippen LogP contribution in [-0.2, 0) is 9.53 Å². The zero-order valence-corrected chi connectivity index (χ0v) is 20.9. The van der Waals surface area contributed by atoms with Crippen molar-refractivity contribution in [1.82, 2.24) is 29.7 Å². The third-order valence-corrected chi connectivity index (χ3v) is 7.53. The normalized spacial score (nSPS) is 22.1. The maximum atomic E-state index is 14.8. The van der Waals surface area contributed by atoms with Gasteiger partial charge in [-0.3, -0.25) is 9.69 Å². The van der Waals surface area contributed by atoms with Gasteiger partial charge in [0.05, 0.1) is 17.7 Å². The van der Waals surface area contributed by atoms with Gasteiger partial charge in [0.1, 0.15) is 17.9 Å². The van der Waals surface area contributed by atoms with Crippen LogP contribution in [0.4, 0.5) is 4.39 Å². The SMILES string of the molecule is CO[C@@H]1CN(C2CCN(C(=O)CO)CC2)CC[C@@H]1c1nc(-n2nc(C(C)C)c3cccc(F)c32)no1. The molecule has 36 heavy (non-hydrogen) atoms. The van der Waals surface area contributed by atoms with Gasteiger partial charge in [0, 0.05) is 38.2 Å². The van der Waals surface area contributed by atoms with Crippen molar-refractivity contribution in [2.45, 2.75) is 57.1 Å². The fourth-order valence-electron chi connectivity index (χ4n) is 5.56. The molecule has 1 aromatic carbocycles. The zero-order chi connectivity index (χ0) is 25.4. The van der Waals surface area contributed by atoms with E-state index in [-0.39, 0.29) is 35.6 Å². The molecule has 0 spiro atoms. The van der Waals surface area contributed by atoms with Gasteiger partial charge in [0.2, 0.25) is 11.8 Å². The van der Waals surface area contributed by atoms with Gasteiger partial charge in [0.25, 0.3) is 5.95 Å². The largest absolute Gasteiger partial charge is 0.387 e. The average Bonchev–Trinajstić information content (AvgIpc) is 3.54. The van der Waals surface area contributed by atoms with Crippen LogP contribution in [0.5, 0.6) is 0 Å². The Morgan fingerprint density at radius 2 is 2.03 bits per heavy atom. The van der Waals surface area contributed by atoms with Crippen molar-refractivity contribution < 1.29 is 23.6 Å². The number of methoxy groups -OCH3 is 1. The highest BCUT2D eigenvalue weighted by atomic mass is 19.1. The number of aliphatic hydroxyl groups excluding tert-OH is 1. The minimum absolute atomic E-state index is 0.0835. The summed E-state index contributed by atoms with van der Waals surface area (Å²) in [5.74, 6) is 0.112. The molecule has 0 saturated carbocycles. The first kappa shape index (κ1) is 24.8. The molecule has 3 aromatic rings. The number of aromatic nitrogens is 4. The van der Waals surface area contributed by atoms with Gasteiger partial charge in [-0.2, -0.15) is 14.8 Å². The zero-order valence-electron chi connectivity index (χ0n) is 20.9. The van der Waals surface area contributed by atoms with Gasteiger partial charge in [0.15, 0.2) is 0 Å². The highest BCUT2D eigenvalue weighted by molar-refractivity contribution is 5.84. The van der Waals surface area contributed by atoms with Gasteiger partial charge in [-0.05, 0) is 42.9 Å². The van der Waals surface area contributed by atoms with Gasteiger partial charge in [-0.1, -0.05) is 26.0 Å². The highest BCUT2D eigenvalue weighted by Crippen LogP contribution is 2.33. The predicted octanol–water partition coefficient (Wildman–Crippen LogP) is 2.46. The van der Waals surface area contributed by atoms with Crippen molar-refractivity contribution in [3.63, 3.8) is 0 Å². The molecule has 2 aliphatic heterocycles. The average molecular weight is 501 g/mol. The molecular formula is C25H33FN6O4. The number of hydrogen-bond donors (Lipinski definition) is 1. The molecule has 11 heteroatoms. The quantitative estimate of drug-likeness (QED) is 0.550. The van der Waals surface area contributed by atoms with E-state index in [2.05, 4.69) is 20.1 Å². The first-order chi connectivity index (χ1) is 17.4. The number of halogens is 1. The summed E-state index contributed by atoms with van der Waals surface area (Å²) >= 11 is 0. The van der Waals surface area contributed by atoms with Crippen LogP contribution in [0.15, 0.2) is 22.7 Å². The molecule has 10 nitrogen and oxygen atoms in total. The van der Waals surface area contributed by atoms with E-state index in [0.29, 0.717) is 37.1 Å². The Labute approximate surface area is 209 Å². The van der Waals surface area contributed by atoms with E-state index in [1.165, 1.54) is 10.7 Å². The maximum Gasteiger partial charge on any atom is 0.291 e. The number of amides is 1. The second kappa shape index (κ2) is 10.2. The smallest absolute Gasteiger partial charge is 0.291 e. The number of likely N-dealkylation sites (tertiary alicyclic amines) is 2. The number of aliphatic hydroxyl groups is 1. The van der Waals surface area contributed by atoms with E-state index in [4.69, 9.17) is 14.4 Å². The van der Waals surface area contributed by atoms with Crippen molar-refractivity contribution in [1.29, 1.82) is 0 Å². The molecule has 1 N–H and O–H groups in total. The van der Waals surface area contributed by atoms with Crippen molar-refractivity contribution in [2.24, 2.45) is 0 Å². The molecule has 0 bridgehead atoms. The molecule has 4 heterocycles. The third-order valence-electron chi connectivity index (χ3n) is 7.53. The second-order valence-corrected chi connectivity index (χ2v) is 9.95. The van der Waals surface area contributed by atoms with E-state index in [0.717, 1.165) is 36.9 Å². The third kappa shape index (κ3) is 4.51. The first-order valence-corrected chi connectivity index (χ1v) is 12.6. The molecular weight excluding hydrogens is 467 g/mol. The van der Waals surface area contributed by atoms with Gasteiger partial charge < -0.3 is 19.3 Å². The minimum atomic E-state index is -0.437. The van der Waals surface area contributed by atoms with Gasteiger partial charge in [-0.25, -0.2) is 4.39 Å². The lowest BCUT2D eigenvalue weighted by molar-refractivity contribution is -0.136. The van der Waals surface area contributed by atoms with Crippen LogP contribution in [0.25, 0.3) is 16.9 Å². The molecule has 2 aromatic heterocycles. The summed E-state index contributed by atoms with van der Waals surface area (Å²) in [6.45, 7) is 6.47. The Bertz CT molecular complexity index is 1220. The van der Waals surface area contributed by atoms with E-state index in [1.807, 2.05) is 19.9 Å². The molecule has 2 fully saturated rings. The highest BCUT2D eigenvalue weighted by Gasteiger charge is 2.38. The molecule has 0 aliphatic carbocycles. The number of ether oxygens (including phenoxy) is 1. The Kier molecular flexibility index (Phi) is 7.05. The minimum Gasteiger partial charge on any atom is -0.387 e. The number of rotatable bonds is 6. The van der Waals surface area contributed by atoms with Gasteiger partial charge in [-0.15, -0.1) is 0 Å². The summed E-state index contributed by atoms with van der Waals surface area (Å²) in [4.78, 5) is 20.5. The number of fused-ring (bicyclic) bond motifs is 1. The van der Waals surface area contributed by atoms with E-state index in [9.17, 15) is 9.18 Å². The van der Waals surface area contributed by atoms with Crippen LogP contribution < -0.4 is 0 Å². The molecule has 2 saturated heterocycles. The topological polar surface area (TPSA) is 110 Å². The summed E-state index contributed by atoms with van der Waals surface area (Å²) in [6, 6.07) is 5.31. The Morgan fingerprint density at radius 1 is 1.25 bits per heavy atom. The van der Waals surface area contributed by atoms with Crippen molar-refractivity contribution in [3.05, 3.63) is 35.6 Å². The van der Waals surface area contributed by atoms with E-state index >= 15 is 0 Å². The van der Waals surface area contributed by atoms with Crippen LogP contribution >= 0.6 is 0 Å². The van der Waals surface area contributed by atoms with Gasteiger partial charge >= 0.3 is 0 Å². The maximum absolute atomic E-state index is 14.8. The lowest BCUT2D eigenvalue weighted by atomic mass is 9.91. The Morgan fingerprint density at radius 3 is 2.72 bits per heavy atom. The fraction of sp³-hybridized carbons (Fsp3) is 0.600. The first-order valence-electron chi connectivity index (χ1n) is 12.6. The summed E-state index contributed by atoms with van der Waals surface area (Å²) < 4.78 is 27.7. The van der Waals surface area contributed by atoms with Crippen molar-refractivity contribution >= 4 is 16.8 Å². The lowest BCUT2D eigenvalue weighted by Gasteiger charge is -2.43. The van der Waals surface area contributed by atoms with E-state index in [1.54, 1.807) is 18.1 Å². The molecule has 5 rings (SSSR count). The van der Waals surface area contributed by atoms with Crippen LogP contribution in [0.3, 0.4) is 0 Å². The lowest BCUT2D eigenvalue weighted by Crippen LogP contribution is -2.52. The summed E-state index contributed by atoms with van der Waals surface area (Å²) in [7, 11) is 1.69. The predicted molar refractivity (Wildman–Crippen MR) is 129 cm³/mol. The fourth-order valence-corrected chi connectivity index (χ4v) is 5.56. The Balaban J connectivity index is 1.32. The monoisotopic (exact) mass is 500 g/mol. The van der Waals surface area contributed by atoms with Crippen molar-refractivity contribution in [3.8, 4) is 5.95 Å². The molecule has 1 amide bonds. The summed E-state index contributed by atoms with van der Waals surface area (Å²) in [6.07, 6.45) is 2.38. The number of benzene rings is 1. The number of carbonyl (C=O) groups excluding carboxylic acids is 1. The molecule has 2 aliphatic rings. The number of carbonyl (C=O) groups is 1. The van der Waals surface area contributed by atoms with Crippen LogP contribution in [0, 0.1) is 5.82 Å². The molecule has 2 atom stereocenters. The molecule has 194 valence electrons. The van der Waals surface area contributed by atoms with Crippen LogP contribution in [0.1, 0.15) is 56.5 Å². The molecule has 0 radical (unpaired) electrons. The van der Waals surface area contributed by atoms with E-state index < -0.39 is 6.61 Å². The summed E-state index contributed by atoms with van der Waals surface area (Å²) in [5.41, 5.74) is 1.13.